The number of nitrogens with one attached hydrogen (secondary N) is 3. The van der Waals surface area contributed by atoms with Crippen LogP contribution < -0.4 is 16.0 Å². The Morgan fingerprint density at radius 3 is 2.30 bits per heavy atom. The molecular weight excluding hydrogens is 401 g/mol. The summed E-state index contributed by atoms with van der Waals surface area (Å²) in [5, 5.41) is 8.45. The molecule has 1 saturated heterocycles. The van der Waals surface area contributed by atoms with Crippen LogP contribution in [0, 0.1) is 0 Å². The van der Waals surface area contributed by atoms with E-state index in [1.165, 1.54) is 7.05 Å². The Kier molecular flexibility index (Phi) is 8.36. The second-order valence-electron chi connectivity index (χ2n) is 6.36. The lowest BCUT2D eigenvalue weighted by Gasteiger charge is -2.27. The Hall–Kier alpha value is -2.92. The molecule has 1 aliphatic rings. The molecule has 0 spiro atoms. The highest BCUT2D eigenvalue weighted by molar-refractivity contribution is 5.94. The molecule has 30 heavy (non-hydrogen) atoms. The first-order valence-electron chi connectivity index (χ1n) is 9.19. The molecule has 0 saturated carbocycles. The Morgan fingerprint density at radius 2 is 1.77 bits per heavy atom. The number of methoxy groups -OCH3 is 1. The van der Waals surface area contributed by atoms with Gasteiger partial charge in [0.2, 0.25) is 5.95 Å². The van der Waals surface area contributed by atoms with Gasteiger partial charge in [0.05, 0.1) is 0 Å². The molecule has 0 atom stereocenters. The fraction of sp³-hybridized carbons (Fsp3) is 0.421. The minimum absolute atomic E-state index is 0.0218. The van der Waals surface area contributed by atoms with Crippen LogP contribution >= 0.6 is 0 Å². The van der Waals surface area contributed by atoms with Gasteiger partial charge in [-0.2, -0.15) is 18.2 Å². The van der Waals surface area contributed by atoms with Crippen molar-refractivity contribution in [2.24, 2.45) is 0 Å². The third kappa shape index (κ3) is 6.29. The second kappa shape index (κ2) is 10.7. The number of piperazine rings is 1. The smallest absolute Gasteiger partial charge is 0.388 e. The second-order valence-corrected chi connectivity index (χ2v) is 6.36. The number of benzene rings is 1. The molecule has 1 aliphatic heterocycles. The van der Waals surface area contributed by atoms with Crippen LogP contribution in [0.15, 0.2) is 30.5 Å². The van der Waals surface area contributed by atoms with Crippen molar-refractivity contribution in [2.75, 3.05) is 58.1 Å². The largest absolute Gasteiger partial charge is 0.421 e. The molecule has 0 unspecified atom stereocenters. The van der Waals surface area contributed by atoms with Crippen molar-refractivity contribution in [1.29, 1.82) is 0 Å². The molecule has 1 fully saturated rings. The van der Waals surface area contributed by atoms with Crippen molar-refractivity contribution in [3.63, 3.8) is 0 Å². The Balaban J connectivity index is 0.00000101. The summed E-state index contributed by atoms with van der Waals surface area (Å²) in [5.74, 6) is -0.342. The van der Waals surface area contributed by atoms with Gasteiger partial charge in [-0.25, -0.2) is 4.98 Å². The van der Waals surface area contributed by atoms with E-state index in [9.17, 15) is 18.0 Å². The third-order valence-electron chi connectivity index (χ3n) is 4.12. The average molecular weight is 426 g/mol. The van der Waals surface area contributed by atoms with Gasteiger partial charge in [0.1, 0.15) is 11.4 Å². The van der Waals surface area contributed by atoms with Gasteiger partial charge in [-0.3, -0.25) is 4.79 Å². The van der Waals surface area contributed by atoms with Gasteiger partial charge < -0.3 is 25.6 Å². The maximum Gasteiger partial charge on any atom is 0.421 e. The molecule has 3 rings (SSSR count). The van der Waals surface area contributed by atoms with Crippen molar-refractivity contribution >= 4 is 23.4 Å². The average Bonchev–Trinajstić information content (AvgIpc) is 2.74. The first-order chi connectivity index (χ1) is 14.3. The normalized spacial score (nSPS) is 13.9. The molecule has 2 heterocycles. The maximum atomic E-state index is 12.9. The van der Waals surface area contributed by atoms with Crippen LogP contribution in [0.2, 0.25) is 0 Å². The number of hydrogen-bond donors (Lipinski definition) is 3. The van der Waals surface area contributed by atoms with Crippen LogP contribution in [-0.4, -0.2) is 68.2 Å². The van der Waals surface area contributed by atoms with E-state index >= 15 is 0 Å². The summed E-state index contributed by atoms with van der Waals surface area (Å²) in [4.78, 5) is 21.8. The fourth-order valence-electron chi connectivity index (χ4n) is 2.72. The van der Waals surface area contributed by atoms with Crippen LogP contribution in [-0.2, 0) is 10.9 Å². The van der Waals surface area contributed by atoms with Gasteiger partial charge in [-0.15, -0.1) is 0 Å². The topological polar surface area (TPSA) is 91.4 Å². The lowest BCUT2D eigenvalue weighted by Crippen LogP contribution is -2.46. The summed E-state index contributed by atoms with van der Waals surface area (Å²) in [6.45, 7) is 2.85. The first-order valence-corrected chi connectivity index (χ1v) is 9.19. The van der Waals surface area contributed by atoms with E-state index in [0.717, 1.165) is 19.3 Å². The Bertz CT molecular complexity index is 824. The van der Waals surface area contributed by atoms with Crippen LogP contribution in [0.4, 0.5) is 30.6 Å². The summed E-state index contributed by atoms with van der Waals surface area (Å²) in [6.07, 6.45) is -3.81. The minimum Gasteiger partial charge on any atom is -0.388 e. The van der Waals surface area contributed by atoms with E-state index in [2.05, 4.69) is 30.7 Å². The number of aromatic nitrogens is 2. The lowest BCUT2D eigenvalue weighted by molar-refractivity contribution is -0.137. The minimum atomic E-state index is -4.54. The standard InChI is InChI=1S/C17H19F3N6O.C2H6O/c1-21-14-13(17(18,19)20)10-23-16(25-14)24-12-4-2-11(3-5-12)15(27)26-8-6-22-7-9-26;1-3-2/h2-5,10,22H,6-9H2,1H3,(H2,21,23,24,25);1-2H3. The number of anilines is 3. The number of rotatable bonds is 4. The number of hydrogen-bond acceptors (Lipinski definition) is 7. The van der Waals surface area contributed by atoms with Crippen molar-refractivity contribution < 1.29 is 22.7 Å². The van der Waals surface area contributed by atoms with Gasteiger partial charge >= 0.3 is 6.18 Å². The van der Waals surface area contributed by atoms with Crippen LogP contribution in [0.1, 0.15) is 15.9 Å². The quantitative estimate of drug-likeness (QED) is 0.692. The predicted octanol–water partition coefficient (Wildman–Crippen LogP) is 2.59. The van der Waals surface area contributed by atoms with E-state index in [1.54, 1.807) is 43.4 Å². The molecule has 164 valence electrons. The molecule has 0 radical (unpaired) electrons. The number of carbonyl (C=O) groups excluding carboxylic acids is 1. The van der Waals surface area contributed by atoms with Crippen molar-refractivity contribution in [3.8, 4) is 0 Å². The highest BCUT2D eigenvalue weighted by Gasteiger charge is 2.35. The molecule has 2 aromatic rings. The Labute approximate surface area is 172 Å². The van der Waals surface area contributed by atoms with E-state index in [0.29, 0.717) is 24.3 Å². The molecule has 1 aromatic heterocycles. The third-order valence-corrected chi connectivity index (χ3v) is 4.12. The van der Waals surface area contributed by atoms with E-state index in [-0.39, 0.29) is 17.7 Å². The summed E-state index contributed by atoms with van der Waals surface area (Å²) in [7, 11) is 4.61. The fourth-order valence-corrected chi connectivity index (χ4v) is 2.72. The monoisotopic (exact) mass is 426 g/mol. The molecule has 11 heteroatoms. The summed E-state index contributed by atoms with van der Waals surface area (Å²) < 4.78 is 42.9. The molecule has 0 bridgehead atoms. The summed E-state index contributed by atoms with van der Waals surface area (Å²) >= 11 is 0. The highest BCUT2D eigenvalue weighted by Crippen LogP contribution is 2.33. The van der Waals surface area contributed by atoms with Crippen LogP contribution in [0.3, 0.4) is 0 Å². The van der Waals surface area contributed by atoms with E-state index in [4.69, 9.17) is 0 Å². The van der Waals surface area contributed by atoms with Crippen LogP contribution in [0.25, 0.3) is 0 Å². The molecule has 0 aliphatic carbocycles. The number of nitrogens with zero attached hydrogens (tertiary/aromatic N) is 3. The summed E-state index contributed by atoms with van der Waals surface area (Å²) in [5.41, 5.74) is 0.174. The molecule has 1 aromatic carbocycles. The molecule has 1 amide bonds. The van der Waals surface area contributed by atoms with Crippen molar-refractivity contribution in [3.05, 3.63) is 41.6 Å². The number of amides is 1. The molecule has 3 N–H and O–H groups in total. The predicted molar refractivity (Wildman–Crippen MR) is 108 cm³/mol. The number of carbonyl (C=O) groups is 1. The van der Waals surface area contributed by atoms with Gasteiger partial charge in [-0.1, -0.05) is 0 Å². The first kappa shape index (κ1) is 23.4. The Morgan fingerprint density at radius 1 is 1.17 bits per heavy atom. The van der Waals surface area contributed by atoms with E-state index < -0.39 is 11.7 Å². The van der Waals surface area contributed by atoms with E-state index in [1.807, 2.05) is 0 Å². The number of ether oxygens (including phenoxy) is 1. The number of halogens is 3. The van der Waals surface area contributed by atoms with Crippen LogP contribution in [0.5, 0.6) is 0 Å². The van der Waals surface area contributed by atoms with Crippen molar-refractivity contribution in [1.82, 2.24) is 20.2 Å². The molecular formula is C19H25F3N6O2. The number of alkyl halides is 3. The zero-order chi connectivity index (χ0) is 22.1. The van der Waals surface area contributed by atoms with Crippen molar-refractivity contribution in [2.45, 2.75) is 6.18 Å². The lowest BCUT2D eigenvalue weighted by atomic mass is 10.1. The maximum absolute atomic E-state index is 12.9. The zero-order valence-corrected chi connectivity index (χ0v) is 17.0. The van der Waals surface area contributed by atoms with Gasteiger partial charge in [0, 0.05) is 64.9 Å². The van der Waals surface area contributed by atoms with Gasteiger partial charge in [0.15, 0.2) is 0 Å². The zero-order valence-electron chi connectivity index (χ0n) is 17.0. The van der Waals surface area contributed by atoms with Gasteiger partial charge in [0.25, 0.3) is 5.91 Å². The molecule has 8 nitrogen and oxygen atoms in total. The highest BCUT2D eigenvalue weighted by atomic mass is 19.4. The van der Waals surface area contributed by atoms with Gasteiger partial charge in [-0.05, 0) is 24.3 Å². The SMILES string of the molecule is CNc1nc(Nc2ccc(C(=O)N3CCNCC3)cc2)ncc1C(F)(F)F.COC. The summed E-state index contributed by atoms with van der Waals surface area (Å²) in [6, 6.07) is 6.65.